The first-order valence-corrected chi connectivity index (χ1v) is 10.6. The number of hydrogen-bond donors (Lipinski definition) is 2. The fourth-order valence-corrected chi connectivity index (χ4v) is 4.67. The monoisotopic (exact) mass is 481 g/mol. The van der Waals surface area contributed by atoms with E-state index in [4.69, 9.17) is 28.9 Å². The molecule has 0 saturated heterocycles. The molecule has 4 aromatic rings. The minimum atomic E-state index is -2.71. The van der Waals surface area contributed by atoms with Crippen LogP contribution < -0.4 is 11.1 Å². The van der Waals surface area contributed by atoms with Gasteiger partial charge in [-0.25, -0.2) is 13.8 Å². The van der Waals surface area contributed by atoms with Crippen LogP contribution in [0.25, 0.3) is 10.2 Å². The van der Waals surface area contributed by atoms with E-state index in [-0.39, 0.29) is 16.3 Å². The summed E-state index contributed by atoms with van der Waals surface area (Å²) in [6.45, 7) is 2.04. The first-order valence-electron chi connectivity index (χ1n) is 8.99. The molecule has 0 aliphatic heterocycles. The Morgan fingerprint density at radius 3 is 2.77 bits per heavy atom. The molecule has 1 amide bonds. The van der Waals surface area contributed by atoms with Crippen molar-refractivity contribution in [1.29, 1.82) is 0 Å². The number of alkyl halides is 2. The van der Waals surface area contributed by atoms with E-state index in [9.17, 15) is 13.6 Å². The maximum absolute atomic E-state index is 13.0. The predicted molar refractivity (Wildman–Crippen MR) is 119 cm³/mol. The van der Waals surface area contributed by atoms with Crippen LogP contribution in [-0.2, 0) is 6.54 Å². The van der Waals surface area contributed by atoms with Crippen molar-refractivity contribution in [3.05, 3.63) is 68.3 Å². The van der Waals surface area contributed by atoms with Gasteiger partial charge in [-0.1, -0.05) is 29.3 Å². The number of pyridine rings is 1. The molecule has 3 heterocycles. The lowest BCUT2D eigenvalue weighted by atomic mass is 10.1. The number of amides is 1. The average molecular weight is 482 g/mol. The normalized spacial score (nSPS) is 11.4. The summed E-state index contributed by atoms with van der Waals surface area (Å²) in [5.74, 6) is -0.182. The van der Waals surface area contributed by atoms with Crippen LogP contribution in [0.4, 0.5) is 20.3 Å². The summed E-state index contributed by atoms with van der Waals surface area (Å²) in [5, 5.41) is 8.54. The number of carbonyl (C=O) groups is 1. The zero-order chi connectivity index (χ0) is 22.3. The Kier molecular flexibility index (Phi) is 5.83. The number of halogens is 4. The molecule has 3 aromatic heterocycles. The lowest BCUT2D eigenvalue weighted by molar-refractivity contribution is 0.103. The van der Waals surface area contributed by atoms with E-state index >= 15 is 0 Å². The maximum Gasteiger partial charge on any atom is 0.280 e. The maximum atomic E-state index is 13.0. The third kappa shape index (κ3) is 4.34. The van der Waals surface area contributed by atoms with Gasteiger partial charge in [0.25, 0.3) is 12.3 Å². The smallest absolute Gasteiger partial charge is 0.280 e. The topological polar surface area (TPSA) is 85.8 Å². The summed E-state index contributed by atoms with van der Waals surface area (Å²) in [4.78, 5) is 17.2. The Labute approximate surface area is 189 Å². The van der Waals surface area contributed by atoms with Crippen molar-refractivity contribution in [2.45, 2.75) is 19.9 Å². The molecule has 4 rings (SSSR count). The number of benzene rings is 1. The van der Waals surface area contributed by atoms with Crippen molar-refractivity contribution in [3.8, 4) is 0 Å². The minimum Gasteiger partial charge on any atom is -0.397 e. The Morgan fingerprint density at radius 2 is 2.06 bits per heavy atom. The highest BCUT2D eigenvalue weighted by Crippen LogP contribution is 2.36. The highest BCUT2D eigenvalue weighted by molar-refractivity contribution is 7.21. The number of nitrogens with two attached hydrogens (primary N) is 1. The Hall–Kier alpha value is -2.75. The number of aryl methyl sites for hydroxylation is 1. The molecule has 0 saturated carbocycles. The number of hydrogen-bond acceptors (Lipinski definition) is 5. The number of fused-ring (bicyclic) bond motifs is 1. The van der Waals surface area contributed by atoms with E-state index in [1.54, 1.807) is 42.1 Å². The second kappa shape index (κ2) is 8.41. The van der Waals surface area contributed by atoms with Crippen molar-refractivity contribution in [1.82, 2.24) is 14.8 Å². The van der Waals surface area contributed by atoms with E-state index < -0.39 is 12.3 Å². The lowest BCUT2D eigenvalue weighted by Crippen LogP contribution is -2.13. The van der Waals surface area contributed by atoms with Gasteiger partial charge >= 0.3 is 0 Å². The van der Waals surface area contributed by atoms with Gasteiger partial charge in [-0.3, -0.25) is 9.48 Å². The number of nitrogen functional groups attached to an aromatic ring is 1. The Morgan fingerprint density at radius 1 is 1.29 bits per heavy atom. The number of anilines is 2. The Balaban J connectivity index is 1.55. The molecule has 0 aliphatic rings. The molecular formula is C20H15Cl2F2N5OS. The number of nitrogens with one attached hydrogen (secondary N) is 1. The van der Waals surface area contributed by atoms with Crippen LogP contribution in [0.15, 0.2) is 36.5 Å². The number of rotatable bonds is 5. The molecule has 0 bridgehead atoms. The summed E-state index contributed by atoms with van der Waals surface area (Å²) >= 11 is 13.1. The van der Waals surface area contributed by atoms with Gasteiger partial charge in [0.1, 0.15) is 15.4 Å². The quantitative estimate of drug-likeness (QED) is 0.369. The molecule has 3 N–H and O–H groups in total. The van der Waals surface area contributed by atoms with Gasteiger partial charge in [-0.2, -0.15) is 5.10 Å². The molecule has 0 fully saturated rings. The number of thiophene rings is 1. The highest BCUT2D eigenvalue weighted by Gasteiger charge is 2.21. The number of carbonyl (C=O) groups excluding carboxylic acids is 1. The average Bonchev–Trinajstić information content (AvgIpc) is 3.28. The molecule has 31 heavy (non-hydrogen) atoms. The van der Waals surface area contributed by atoms with Gasteiger partial charge in [-0.15, -0.1) is 11.3 Å². The van der Waals surface area contributed by atoms with Crippen molar-refractivity contribution in [2.75, 3.05) is 11.1 Å². The summed E-state index contributed by atoms with van der Waals surface area (Å²) in [7, 11) is 0. The molecule has 1 aromatic carbocycles. The fraction of sp³-hybridized carbons (Fsp3) is 0.150. The van der Waals surface area contributed by atoms with Crippen LogP contribution in [-0.4, -0.2) is 20.7 Å². The third-order valence-electron chi connectivity index (χ3n) is 4.58. The second-order valence-corrected chi connectivity index (χ2v) is 8.62. The van der Waals surface area contributed by atoms with Crippen molar-refractivity contribution in [2.24, 2.45) is 0 Å². The van der Waals surface area contributed by atoms with Crippen molar-refractivity contribution in [3.63, 3.8) is 0 Å². The molecule has 0 atom stereocenters. The third-order valence-corrected chi connectivity index (χ3v) is 6.26. The van der Waals surface area contributed by atoms with Gasteiger partial charge in [0.15, 0.2) is 5.82 Å². The largest absolute Gasteiger partial charge is 0.397 e. The summed E-state index contributed by atoms with van der Waals surface area (Å²) in [6.07, 6.45) is -1.02. The first-order chi connectivity index (χ1) is 14.7. The Bertz CT molecular complexity index is 1300. The van der Waals surface area contributed by atoms with E-state index in [0.29, 0.717) is 38.2 Å². The first kappa shape index (κ1) is 21.5. The lowest BCUT2D eigenvalue weighted by Gasteiger charge is -2.05. The van der Waals surface area contributed by atoms with Crippen LogP contribution in [0.2, 0.25) is 10.0 Å². The van der Waals surface area contributed by atoms with Crippen molar-refractivity contribution >= 4 is 62.2 Å². The highest BCUT2D eigenvalue weighted by atomic mass is 35.5. The van der Waals surface area contributed by atoms with Crippen LogP contribution in [0.1, 0.15) is 32.9 Å². The molecule has 0 radical (unpaired) electrons. The van der Waals surface area contributed by atoms with Gasteiger partial charge in [0, 0.05) is 27.7 Å². The van der Waals surface area contributed by atoms with E-state index in [1.165, 1.54) is 6.07 Å². The van der Waals surface area contributed by atoms with Gasteiger partial charge in [0.05, 0.1) is 12.2 Å². The molecule has 160 valence electrons. The SMILES string of the molecule is Cc1cc(C(F)F)nc2sc(C(=O)Nc3ccn(Cc4ccc(Cl)cc4Cl)n3)c(N)c12. The van der Waals surface area contributed by atoms with E-state index in [2.05, 4.69) is 15.4 Å². The number of aromatic nitrogens is 3. The molecule has 0 spiro atoms. The molecular weight excluding hydrogens is 467 g/mol. The van der Waals surface area contributed by atoms with Crippen LogP contribution in [0.3, 0.4) is 0 Å². The summed E-state index contributed by atoms with van der Waals surface area (Å²) < 4.78 is 27.7. The summed E-state index contributed by atoms with van der Waals surface area (Å²) in [5.41, 5.74) is 7.34. The van der Waals surface area contributed by atoms with Crippen molar-refractivity contribution < 1.29 is 13.6 Å². The molecule has 11 heteroatoms. The van der Waals surface area contributed by atoms with Crippen LogP contribution in [0.5, 0.6) is 0 Å². The standard InChI is InChI=1S/C20H15Cl2F2N5OS/c1-9-6-13(18(23)24)26-20-15(9)16(25)17(31-20)19(30)27-14-4-5-29(28-14)8-10-2-3-11(21)7-12(10)22/h2-7,18H,8,25H2,1H3,(H,27,28,30). The van der Waals surface area contributed by atoms with Crippen LogP contribution >= 0.6 is 34.5 Å². The second-order valence-electron chi connectivity index (χ2n) is 6.78. The summed E-state index contributed by atoms with van der Waals surface area (Å²) in [6, 6.07) is 8.08. The molecule has 6 nitrogen and oxygen atoms in total. The number of nitrogens with zero attached hydrogens (tertiary/aromatic N) is 3. The van der Waals surface area contributed by atoms with E-state index in [1.807, 2.05) is 0 Å². The molecule has 0 unspecified atom stereocenters. The van der Waals surface area contributed by atoms with E-state index in [0.717, 1.165) is 16.9 Å². The zero-order valence-corrected chi connectivity index (χ0v) is 18.3. The van der Waals surface area contributed by atoms with Gasteiger partial charge < -0.3 is 11.1 Å². The predicted octanol–water partition coefficient (Wildman–Crippen LogP) is 5.93. The zero-order valence-electron chi connectivity index (χ0n) is 16.0. The minimum absolute atomic E-state index is 0.187. The van der Waals surface area contributed by atoms with Gasteiger partial charge in [-0.05, 0) is 36.2 Å². The van der Waals surface area contributed by atoms with Crippen LogP contribution in [0, 0.1) is 6.92 Å². The van der Waals surface area contributed by atoms with Gasteiger partial charge in [0.2, 0.25) is 0 Å². The fourth-order valence-electron chi connectivity index (χ4n) is 3.13. The molecule has 0 aliphatic carbocycles.